The number of rotatable bonds is 5. The van der Waals surface area contributed by atoms with Crippen LogP contribution in [0.4, 0.5) is 0 Å². The number of aliphatic hydroxyl groups is 1. The van der Waals surface area contributed by atoms with Crippen molar-refractivity contribution in [1.29, 1.82) is 0 Å². The second kappa shape index (κ2) is 5.96. The van der Waals surface area contributed by atoms with Crippen LogP contribution in [0.2, 0.25) is 0 Å². The lowest BCUT2D eigenvalue weighted by atomic mass is 10.1. The van der Waals surface area contributed by atoms with Gasteiger partial charge in [0.15, 0.2) is 5.75 Å². The van der Waals surface area contributed by atoms with Crippen LogP contribution in [0.5, 0.6) is 11.5 Å². The Morgan fingerprint density at radius 3 is 2.70 bits per heavy atom. The van der Waals surface area contributed by atoms with Crippen molar-refractivity contribution < 1.29 is 14.6 Å². The van der Waals surface area contributed by atoms with Crippen molar-refractivity contribution in [3.63, 3.8) is 0 Å². The van der Waals surface area contributed by atoms with Gasteiger partial charge in [0.1, 0.15) is 24.2 Å². The van der Waals surface area contributed by atoms with Crippen LogP contribution in [0.1, 0.15) is 23.1 Å². The van der Waals surface area contributed by atoms with Crippen LogP contribution in [-0.2, 0) is 7.05 Å². The van der Waals surface area contributed by atoms with E-state index in [2.05, 4.69) is 5.10 Å². The molecule has 0 saturated carbocycles. The smallest absolute Gasteiger partial charge is 0.163 e. The highest BCUT2D eigenvalue weighted by Gasteiger charge is 2.14. The Kier molecular flexibility index (Phi) is 4.29. The first-order chi connectivity index (χ1) is 9.52. The van der Waals surface area contributed by atoms with Gasteiger partial charge in [-0.2, -0.15) is 5.10 Å². The highest BCUT2D eigenvalue weighted by Crippen LogP contribution is 2.24. The van der Waals surface area contributed by atoms with E-state index in [-0.39, 0.29) is 6.61 Å². The molecule has 0 aliphatic heterocycles. The van der Waals surface area contributed by atoms with E-state index in [0.29, 0.717) is 0 Å². The van der Waals surface area contributed by atoms with Crippen molar-refractivity contribution in [3.8, 4) is 11.5 Å². The summed E-state index contributed by atoms with van der Waals surface area (Å²) in [5.74, 6) is 1.45. The molecule has 1 N–H and O–H groups in total. The van der Waals surface area contributed by atoms with Crippen molar-refractivity contribution in [3.05, 3.63) is 41.2 Å². The molecule has 0 amide bonds. The number of aliphatic hydroxyl groups excluding tert-OH is 1. The molecule has 1 unspecified atom stereocenters. The first-order valence-electron chi connectivity index (χ1n) is 6.48. The van der Waals surface area contributed by atoms with Crippen LogP contribution in [0.25, 0.3) is 0 Å². The van der Waals surface area contributed by atoms with Crippen molar-refractivity contribution in [2.24, 2.45) is 7.05 Å². The molecule has 0 spiro atoms. The summed E-state index contributed by atoms with van der Waals surface area (Å²) in [6.45, 7) is 4.01. The van der Waals surface area contributed by atoms with Gasteiger partial charge in [0, 0.05) is 7.05 Å². The quantitative estimate of drug-likeness (QED) is 0.909. The van der Waals surface area contributed by atoms with Crippen LogP contribution < -0.4 is 9.47 Å². The molecule has 0 aliphatic rings. The van der Waals surface area contributed by atoms with Gasteiger partial charge in [0.05, 0.1) is 12.8 Å². The zero-order valence-electron chi connectivity index (χ0n) is 12.3. The predicted octanol–water partition coefficient (Wildman–Crippen LogP) is 2.16. The molecule has 1 atom stereocenters. The maximum atomic E-state index is 10.2. The monoisotopic (exact) mass is 276 g/mol. The Balaban J connectivity index is 2.06. The van der Waals surface area contributed by atoms with Crippen LogP contribution in [0.3, 0.4) is 0 Å². The summed E-state index contributed by atoms with van der Waals surface area (Å²) >= 11 is 0. The van der Waals surface area contributed by atoms with Gasteiger partial charge in [-0.3, -0.25) is 4.68 Å². The molecule has 2 aromatic rings. The number of aromatic nitrogens is 2. The van der Waals surface area contributed by atoms with E-state index in [4.69, 9.17) is 9.47 Å². The fourth-order valence-electron chi connectivity index (χ4n) is 2.07. The van der Waals surface area contributed by atoms with Crippen molar-refractivity contribution in [2.45, 2.75) is 20.0 Å². The largest absolute Gasteiger partial charge is 0.497 e. The molecule has 5 nitrogen and oxygen atoms in total. The molecule has 1 aromatic carbocycles. The van der Waals surface area contributed by atoms with Gasteiger partial charge in [0.2, 0.25) is 0 Å². The number of hydrogen-bond donors (Lipinski definition) is 1. The summed E-state index contributed by atoms with van der Waals surface area (Å²) in [7, 11) is 3.47. The Morgan fingerprint density at radius 1 is 1.35 bits per heavy atom. The third kappa shape index (κ3) is 2.93. The first-order valence-corrected chi connectivity index (χ1v) is 6.48. The molecule has 0 aliphatic carbocycles. The van der Waals surface area contributed by atoms with Gasteiger partial charge in [-0.1, -0.05) is 12.1 Å². The number of benzene rings is 1. The highest BCUT2D eigenvalue weighted by molar-refractivity contribution is 5.33. The normalized spacial score (nSPS) is 12.2. The standard InChI is InChI=1S/C15H20N2O3/c1-10-15(11(2)17(3)16-10)20-9-14(18)12-6-5-7-13(8-12)19-4/h5-8,14,18H,9H2,1-4H3. The van der Waals surface area contributed by atoms with E-state index in [9.17, 15) is 5.11 Å². The lowest BCUT2D eigenvalue weighted by Gasteiger charge is -2.13. The Hall–Kier alpha value is -2.01. The van der Waals surface area contributed by atoms with E-state index in [1.807, 2.05) is 39.1 Å². The Labute approximate surface area is 118 Å². The maximum absolute atomic E-state index is 10.2. The summed E-state index contributed by atoms with van der Waals surface area (Å²) in [6.07, 6.45) is -0.705. The van der Waals surface area contributed by atoms with E-state index in [1.54, 1.807) is 17.9 Å². The number of ether oxygens (including phenoxy) is 2. The van der Waals surface area contributed by atoms with Crippen LogP contribution in [0, 0.1) is 13.8 Å². The molecule has 5 heteroatoms. The predicted molar refractivity (Wildman–Crippen MR) is 76.1 cm³/mol. The molecule has 0 fully saturated rings. The van der Waals surface area contributed by atoms with Crippen molar-refractivity contribution in [2.75, 3.05) is 13.7 Å². The summed E-state index contributed by atoms with van der Waals surface area (Å²) in [5, 5.41) is 14.5. The van der Waals surface area contributed by atoms with Gasteiger partial charge >= 0.3 is 0 Å². The number of hydrogen-bond acceptors (Lipinski definition) is 4. The number of aryl methyl sites for hydroxylation is 2. The Morgan fingerprint density at radius 2 is 2.10 bits per heavy atom. The minimum Gasteiger partial charge on any atom is -0.497 e. The zero-order chi connectivity index (χ0) is 14.7. The van der Waals surface area contributed by atoms with Crippen LogP contribution in [-0.4, -0.2) is 28.6 Å². The molecule has 1 heterocycles. The highest BCUT2D eigenvalue weighted by atomic mass is 16.5. The number of methoxy groups -OCH3 is 1. The molecular formula is C15H20N2O3. The van der Waals surface area contributed by atoms with E-state index >= 15 is 0 Å². The third-order valence-electron chi connectivity index (χ3n) is 3.31. The van der Waals surface area contributed by atoms with Crippen molar-refractivity contribution in [1.82, 2.24) is 9.78 Å². The summed E-state index contributed by atoms with van der Waals surface area (Å²) in [4.78, 5) is 0. The van der Waals surface area contributed by atoms with Gasteiger partial charge in [-0.05, 0) is 31.5 Å². The minimum absolute atomic E-state index is 0.181. The average Bonchev–Trinajstić information content (AvgIpc) is 2.70. The molecule has 0 bridgehead atoms. The van der Waals surface area contributed by atoms with Gasteiger partial charge in [-0.25, -0.2) is 0 Å². The summed E-state index contributed by atoms with van der Waals surface area (Å²) in [6, 6.07) is 7.33. The fourth-order valence-corrected chi connectivity index (χ4v) is 2.07. The number of nitrogens with zero attached hydrogens (tertiary/aromatic N) is 2. The second-order valence-corrected chi connectivity index (χ2v) is 4.73. The van der Waals surface area contributed by atoms with E-state index < -0.39 is 6.10 Å². The third-order valence-corrected chi connectivity index (χ3v) is 3.31. The fraction of sp³-hybridized carbons (Fsp3) is 0.400. The summed E-state index contributed by atoms with van der Waals surface area (Å²) in [5.41, 5.74) is 2.53. The van der Waals surface area contributed by atoms with Gasteiger partial charge in [0.25, 0.3) is 0 Å². The molecule has 0 radical (unpaired) electrons. The van der Waals surface area contributed by atoms with Crippen molar-refractivity contribution >= 4 is 0 Å². The molecule has 1 aromatic heterocycles. The SMILES string of the molecule is COc1cccc(C(O)COc2c(C)nn(C)c2C)c1. The molecule has 20 heavy (non-hydrogen) atoms. The zero-order valence-corrected chi connectivity index (χ0v) is 12.3. The average molecular weight is 276 g/mol. The van der Waals surface area contributed by atoms with Crippen LogP contribution >= 0.6 is 0 Å². The lowest BCUT2D eigenvalue weighted by Crippen LogP contribution is -2.10. The van der Waals surface area contributed by atoms with Gasteiger partial charge < -0.3 is 14.6 Å². The molecular weight excluding hydrogens is 256 g/mol. The van der Waals surface area contributed by atoms with E-state index in [1.165, 1.54) is 0 Å². The van der Waals surface area contributed by atoms with Crippen LogP contribution in [0.15, 0.2) is 24.3 Å². The molecule has 2 rings (SSSR count). The molecule has 0 saturated heterocycles. The minimum atomic E-state index is -0.705. The first kappa shape index (κ1) is 14.4. The lowest BCUT2D eigenvalue weighted by molar-refractivity contribution is 0.107. The van der Waals surface area contributed by atoms with E-state index in [0.717, 1.165) is 28.5 Å². The van der Waals surface area contributed by atoms with Gasteiger partial charge in [-0.15, -0.1) is 0 Å². The topological polar surface area (TPSA) is 56.5 Å². The molecule has 108 valence electrons. The second-order valence-electron chi connectivity index (χ2n) is 4.73. The summed E-state index contributed by atoms with van der Waals surface area (Å²) < 4.78 is 12.6. The Bertz CT molecular complexity index is 593. The maximum Gasteiger partial charge on any atom is 0.163 e.